The van der Waals surface area contributed by atoms with E-state index >= 15 is 0 Å². The van der Waals surface area contributed by atoms with Crippen molar-refractivity contribution in [3.8, 4) is 5.75 Å². The third-order valence-electron chi connectivity index (χ3n) is 3.95. The van der Waals surface area contributed by atoms with Crippen molar-refractivity contribution < 1.29 is 13.9 Å². The van der Waals surface area contributed by atoms with Crippen LogP contribution in [0.3, 0.4) is 0 Å². The van der Waals surface area contributed by atoms with Crippen LogP contribution in [0.1, 0.15) is 12.5 Å². The van der Waals surface area contributed by atoms with E-state index in [0.717, 1.165) is 16.9 Å². The van der Waals surface area contributed by atoms with Gasteiger partial charge in [0.2, 0.25) is 5.91 Å². The summed E-state index contributed by atoms with van der Waals surface area (Å²) in [6.45, 7) is 1.87. The summed E-state index contributed by atoms with van der Waals surface area (Å²) >= 11 is 0. The highest BCUT2D eigenvalue weighted by Crippen LogP contribution is 2.20. The Morgan fingerprint density at radius 1 is 1.20 bits per heavy atom. The lowest BCUT2D eigenvalue weighted by Gasteiger charge is -2.06. The molecule has 1 aromatic heterocycles. The number of methoxy groups -OCH3 is 1. The Balaban J connectivity index is 1.79. The highest BCUT2D eigenvalue weighted by molar-refractivity contribution is 6.04. The summed E-state index contributed by atoms with van der Waals surface area (Å²) < 4.78 is 11.6. The van der Waals surface area contributed by atoms with Crippen molar-refractivity contribution >= 4 is 28.3 Å². The number of carbonyl (C=O) groups is 1. The molecule has 3 aromatic rings. The van der Waals surface area contributed by atoms with Crippen molar-refractivity contribution in [2.75, 3.05) is 12.4 Å². The molecule has 1 N–H and O–H groups in total. The van der Waals surface area contributed by atoms with Gasteiger partial charge < -0.3 is 14.5 Å². The van der Waals surface area contributed by atoms with Crippen molar-refractivity contribution in [3.63, 3.8) is 0 Å². The summed E-state index contributed by atoms with van der Waals surface area (Å²) in [5, 5.41) is 2.80. The lowest BCUT2D eigenvalue weighted by Crippen LogP contribution is -2.10. The van der Waals surface area contributed by atoms with E-state index in [4.69, 9.17) is 9.15 Å². The highest BCUT2D eigenvalue weighted by atomic mass is 16.5. The molecule has 128 valence electrons. The first kappa shape index (κ1) is 16.6. The van der Waals surface area contributed by atoms with E-state index in [9.17, 15) is 9.59 Å². The van der Waals surface area contributed by atoms with Gasteiger partial charge in [-0.05, 0) is 48.4 Å². The Hall–Kier alpha value is -3.28. The molecule has 3 rings (SSSR count). The number of amides is 1. The third-order valence-corrected chi connectivity index (χ3v) is 3.95. The maximum atomic E-state index is 12.2. The number of aromatic nitrogens is 1. The molecule has 0 radical (unpaired) electrons. The Kier molecular flexibility index (Phi) is 4.43. The smallest absolute Gasteiger partial charge is 0.419 e. The monoisotopic (exact) mass is 338 g/mol. The summed E-state index contributed by atoms with van der Waals surface area (Å²) in [5.41, 5.74) is 3.46. The fourth-order valence-electron chi connectivity index (χ4n) is 2.52. The van der Waals surface area contributed by atoms with Crippen LogP contribution in [-0.4, -0.2) is 17.6 Å². The lowest BCUT2D eigenvalue weighted by atomic mass is 10.1. The maximum Gasteiger partial charge on any atom is 0.419 e. The molecule has 0 aliphatic rings. The Morgan fingerprint density at radius 2 is 1.92 bits per heavy atom. The fraction of sp³-hybridized carbons (Fsp3) is 0.158. The van der Waals surface area contributed by atoms with E-state index < -0.39 is 5.76 Å². The number of hydrogen-bond donors (Lipinski definition) is 1. The van der Waals surface area contributed by atoms with Gasteiger partial charge >= 0.3 is 5.76 Å². The largest absolute Gasteiger partial charge is 0.497 e. The van der Waals surface area contributed by atoms with E-state index in [1.54, 1.807) is 32.4 Å². The van der Waals surface area contributed by atoms with E-state index in [0.29, 0.717) is 16.8 Å². The van der Waals surface area contributed by atoms with E-state index in [2.05, 4.69) is 5.32 Å². The van der Waals surface area contributed by atoms with Gasteiger partial charge in [-0.15, -0.1) is 0 Å². The summed E-state index contributed by atoms with van der Waals surface area (Å²) in [5.74, 6) is 0.0786. The number of aryl methyl sites for hydroxylation is 1. The van der Waals surface area contributed by atoms with Gasteiger partial charge in [0.1, 0.15) is 5.75 Å². The molecule has 0 aliphatic heterocycles. The molecule has 1 heterocycles. The minimum absolute atomic E-state index is 0.249. The molecule has 6 heteroatoms. The van der Waals surface area contributed by atoms with Gasteiger partial charge in [0.15, 0.2) is 5.58 Å². The van der Waals surface area contributed by atoms with Crippen molar-refractivity contribution in [1.29, 1.82) is 0 Å². The van der Waals surface area contributed by atoms with Gasteiger partial charge in [-0.3, -0.25) is 9.36 Å². The Morgan fingerprint density at radius 3 is 2.60 bits per heavy atom. The zero-order valence-electron chi connectivity index (χ0n) is 14.2. The van der Waals surface area contributed by atoms with Crippen LogP contribution in [0.5, 0.6) is 5.75 Å². The molecular weight excluding hydrogens is 320 g/mol. The number of fused-ring (bicyclic) bond motifs is 1. The van der Waals surface area contributed by atoms with Gasteiger partial charge in [0.25, 0.3) is 0 Å². The second-order valence-electron chi connectivity index (χ2n) is 5.65. The van der Waals surface area contributed by atoms with Crippen LogP contribution in [0.4, 0.5) is 5.69 Å². The first-order chi connectivity index (χ1) is 12.0. The first-order valence-corrected chi connectivity index (χ1v) is 7.71. The van der Waals surface area contributed by atoms with Crippen molar-refractivity contribution in [2.45, 2.75) is 6.92 Å². The Labute approximate surface area is 144 Å². The number of rotatable bonds is 4. The number of carbonyl (C=O) groups excluding carboxylic acids is 1. The SMILES string of the molecule is COc1ccc(/C(C)=C/C(=O)Nc2ccc3oc(=O)n(C)c3c2)cc1. The van der Waals surface area contributed by atoms with Crippen LogP contribution >= 0.6 is 0 Å². The minimum Gasteiger partial charge on any atom is -0.497 e. The number of nitrogens with zero attached hydrogens (tertiary/aromatic N) is 1. The van der Waals surface area contributed by atoms with Crippen LogP contribution in [-0.2, 0) is 11.8 Å². The number of benzene rings is 2. The van der Waals surface area contributed by atoms with Gasteiger partial charge in [-0.25, -0.2) is 4.79 Å². The first-order valence-electron chi connectivity index (χ1n) is 7.71. The molecule has 0 aliphatic carbocycles. The standard InChI is InChI=1S/C19H18N2O4/c1-12(13-4-7-15(24-3)8-5-13)10-18(22)20-14-6-9-17-16(11-14)21(2)19(23)25-17/h4-11H,1-3H3,(H,20,22)/b12-10+. The molecule has 0 saturated heterocycles. The molecular formula is C19H18N2O4. The molecule has 0 fully saturated rings. The van der Waals surface area contributed by atoms with Gasteiger partial charge in [-0.2, -0.15) is 0 Å². The molecule has 0 spiro atoms. The van der Waals surface area contributed by atoms with Crippen molar-refractivity contribution in [2.24, 2.45) is 7.05 Å². The minimum atomic E-state index is -0.436. The number of oxazole rings is 1. The molecule has 6 nitrogen and oxygen atoms in total. The summed E-state index contributed by atoms with van der Waals surface area (Å²) in [6, 6.07) is 12.5. The zero-order valence-corrected chi connectivity index (χ0v) is 14.2. The van der Waals surface area contributed by atoms with E-state index in [-0.39, 0.29) is 5.91 Å². The molecule has 2 aromatic carbocycles. The second kappa shape index (κ2) is 6.68. The van der Waals surface area contributed by atoms with Crippen LogP contribution in [0.25, 0.3) is 16.7 Å². The lowest BCUT2D eigenvalue weighted by molar-refractivity contribution is -0.111. The average molecular weight is 338 g/mol. The number of anilines is 1. The molecule has 0 saturated carbocycles. The summed E-state index contributed by atoms with van der Waals surface area (Å²) in [6.07, 6.45) is 1.53. The van der Waals surface area contributed by atoms with Crippen LogP contribution in [0.15, 0.2) is 57.8 Å². The van der Waals surface area contributed by atoms with Crippen molar-refractivity contribution in [1.82, 2.24) is 4.57 Å². The normalized spacial score (nSPS) is 11.6. The van der Waals surface area contributed by atoms with Gasteiger partial charge in [0, 0.05) is 18.8 Å². The quantitative estimate of drug-likeness (QED) is 0.742. The zero-order chi connectivity index (χ0) is 18.0. The number of nitrogens with one attached hydrogen (secondary N) is 1. The molecule has 0 bridgehead atoms. The molecule has 0 atom stereocenters. The number of hydrogen-bond acceptors (Lipinski definition) is 4. The molecule has 1 amide bonds. The van der Waals surface area contributed by atoms with Gasteiger partial charge in [-0.1, -0.05) is 12.1 Å². The topological polar surface area (TPSA) is 73.5 Å². The van der Waals surface area contributed by atoms with E-state index in [1.807, 2.05) is 31.2 Å². The van der Waals surface area contributed by atoms with Crippen LogP contribution < -0.4 is 15.8 Å². The maximum absolute atomic E-state index is 12.2. The Bertz CT molecular complexity index is 1010. The van der Waals surface area contributed by atoms with Gasteiger partial charge in [0.05, 0.1) is 12.6 Å². The average Bonchev–Trinajstić information content (AvgIpc) is 2.89. The predicted octanol–water partition coefficient (Wildman–Crippen LogP) is 3.18. The second-order valence-corrected chi connectivity index (χ2v) is 5.65. The third kappa shape index (κ3) is 3.47. The molecule has 0 unspecified atom stereocenters. The predicted molar refractivity (Wildman–Crippen MR) is 96.7 cm³/mol. The van der Waals surface area contributed by atoms with Crippen LogP contribution in [0, 0.1) is 0 Å². The summed E-state index contributed by atoms with van der Waals surface area (Å²) in [7, 11) is 3.23. The summed E-state index contributed by atoms with van der Waals surface area (Å²) in [4.78, 5) is 23.8. The van der Waals surface area contributed by atoms with E-state index in [1.165, 1.54) is 10.6 Å². The van der Waals surface area contributed by atoms with Crippen molar-refractivity contribution in [3.05, 3.63) is 64.7 Å². The number of allylic oxidation sites excluding steroid dienone is 1. The fourth-order valence-corrected chi connectivity index (χ4v) is 2.52. The molecule has 25 heavy (non-hydrogen) atoms. The van der Waals surface area contributed by atoms with Crippen LogP contribution in [0.2, 0.25) is 0 Å². The number of ether oxygens (including phenoxy) is 1. The highest BCUT2D eigenvalue weighted by Gasteiger charge is 2.08.